The van der Waals surface area contributed by atoms with E-state index in [1.54, 1.807) is 12.1 Å². The van der Waals surface area contributed by atoms with E-state index >= 15 is 0 Å². The van der Waals surface area contributed by atoms with E-state index in [-0.39, 0.29) is 10.8 Å². The first-order valence-corrected chi connectivity index (χ1v) is 16.5. The Hall–Kier alpha value is -1.87. The zero-order chi connectivity index (χ0) is 29.8. The summed E-state index contributed by atoms with van der Waals surface area (Å²) in [7, 11) is 4.72. The molecular formula is C38H55NO2. The average molecular weight is 558 g/mol. The van der Waals surface area contributed by atoms with Crippen LogP contribution >= 0.6 is 0 Å². The molecule has 5 aliphatic rings. The third-order valence-electron chi connectivity index (χ3n) is 14.9. The van der Waals surface area contributed by atoms with Crippen molar-refractivity contribution in [1.29, 1.82) is 0 Å². The number of allylic oxidation sites excluding steroid dienone is 3. The minimum atomic E-state index is -0.852. The van der Waals surface area contributed by atoms with Crippen LogP contribution in [-0.2, 0) is 0 Å². The number of hydrogen-bond donors (Lipinski definition) is 1. The summed E-state index contributed by atoms with van der Waals surface area (Å²) >= 11 is 0. The molecule has 9 unspecified atom stereocenters. The topological polar surface area (TPSA) is 40.5 Å². The standard InChI is InChI=1S/C38H55NO2/c1-24(2)27-16-21-38(39(8)9)23-22-36(6)29(32(27)38)14-15-31-35(5)19-17-28(25-10-12-26(13-11-25)33(40)41)34(3,4)30(35)18-20-37(31,36)7/h10-13,17,27,29-32H,1,14-16,18-23H2,2-9H3,(H,40,41). The highest BCUT2D eigenvalue weighted by Crippen LogP contribution is 2.77. The summed E-state index contributed by atoms with van der Waals surface area (Å²) in [6.07, 6.45) is 14.4. The second kappa shape index (κ2) is 9.31. The number of benzene rings is 1. The summed E-state index contributed by atoms with van der Waals surface area (Å²) in [5.41, 5.74) is 5.82. The second-order valence-electron chi connectivity index (χ2n) is 16.6. The van der Waals surface area contributed by atoms with Gasteiger partial charge in [-0.2, -0.15) is 0 Å². The van der Waals surface area contributed by atoms with E-state index in [4.69, 9.17) is 0 Å². The molecule has 0 saturated heterocycles. The molecule has 0 aromatic heterocycles. The van der Waals surface area contributed by atoms with E-state index in [1.807, 2.05) is 12.1 Å². The van der Waals surface area contributed by atoms with Crippen molar-refractivity contribution in [3.63, 3.8) is 0 Å². The predicted molar refractivity (Wildman–Crippen MR) is 170 cm³/mol. The molecule has 0 heterocycles. The highest BCUT2D eigenvalue weighted by atomic mass is 16.4. The normalized spacial score (nSPS) is 44.7. The van der Waals surface area contributed by atoms with Gasteiger partial charge in [-0.05, 0) is 153 Å². The average Bonchev–Trinajstić information content (AvgIpc) is 3.30. The molecular weight excluding hydrogens is 502 g/mol. The Kier molecular flexibility index (Phi) is 6.64. The van der Waals surface area contributed by atoms with Crippen LogP contribution in [0.1, 0.15) is 115 Å². The van der Waals surface area contributed by atoms with Crippen LogP contribution in [0.25, 0.3) is 5.57 Å². The molecule has 9 atom stereocenters. The van der Waals surface area contributed by atoms with Crippen molar-refractivity contribution in [3.8, 4) is 0 Å². The zero-order valence-corrected chi connectivity index (χ0v) is 27.1. The molecule has 6 rings (SSSR count). The van der Waals surface area contributed by atoms with Crippen molar-refractivity contribution in [2.24, 2.45) is 51.2 Å². The van der Waals surface area contributed by atoms with E-state index < -0.39 is 5.97 Å². The van der Waals surface area contributed by atoms with Gasteiger partial charge in [0.1, 0.15) is 0 Å². The molecule has 1 aromatic rings. The number of nitrogens with zero attached hydrogens (tertiary/aromatic N) is 1. The van der Waals surface area contributed by atoms with Crippen LogP contribution < -0.4 is 0 Å². The predicted octanol–water partition coefficient (Wildman–Crippen LogP) is 9.35. The highest BCUT2D eigenvalue weighted by molar-refractivity contribution is 5.88. The molecule has 3 nitrogen and oxygen atoms in total. The summed E-state index contributed by atoms with van der Waals surface area (Å²) in [5, 5.41) is 9.43. The van der Waals surface area contributed by atoms with Gasteiger partial charge in [-0.3, -0.25) is 0 Å². The van der Waals surface area contributed by atoms with Crippen molar-refractivity contribution in [1.82, 2.24) is 4.90 Å². The minimum absolute atomic E-state index is 0.0555. The lowest BCUT2D eigenvalue weighted by atomic mass is 9.33. The molecule has 0 amide bonds. The monoisotopic (exact) mass is 557 g/mol. The Morgan fingerprint density at radius 2 is 1.56 bits per heavy atom. The first-order valence-electron chi connectivity index (χ1n) is 16.5. The fourth-order valence-electron chi connectivity index (χ4n) is 12.8. The summed E-state index contributed by atoms with van der Waals surface area (Å²) < 4.78 is 0. The van der Waals surface area contributed by atoms with E-state index in [2.05, 4.69) is 73.2 Å². The van der Waals surface area contributed by atoms with Crippen molar-refractivity contribution < 1.29 is 9.90 Å². The Morgan fingerprint density at radius 3 is 2.17 bits per heavy atom. The Labute approximate surface area is 249 Å². The van der Waals surface area contributed by atoms with E-state index in [0.29, 0.717) is 33.8 Å². The number of aromatic carboxylic acids is 1. The number of fused-ring (bicyclic) bond motifs is 7. The second-order valence-corrected chi connectivity index (χ2v) is 16.6. The SMILES string of the molecule is C=C(C)C1CCC2(N(C)C)CCC3(C)C(CCC4C5(C)CC=C(c6ccc(C(=O)O)cc6)C(C)(C)C5CCC43C)C12. The van der Waals surface area contributed by atoms with Crippen LogP contribution in [0.3, 0.4) is 0 Å². The van der Waals surface area contributed by atoms with Crippen LogP contribution in [0, 0.1) is 51.2 Å². The first-order chi connectivity index (χ1) is 19.1. The minimum Gasteiger partial charge on any atom is -0.478 e. The molecule has 0 aliphatic heterocycles. The number of rotatable bonds is 4. The van der Waals surface area contributed by atoms with Crippen LogP contribution in [-0.4, -0.2) is 35.6 Å². The maximum Gasteiger partial charge on any atom is 0.335 e. The van der Waals surface area contributed by atoms with Gasteiger partial charge in [0.15, 0.2) is 0 Å². The molecule has 224 valence electrons. The lowest BCUT2D eigenvalue weighted by Gasteiger charge is -2.72. The lowest BCUT2D eigenvalue weighted by molar-refractivity contribution is -0.225. The maximum atomic E-state index is 11.5. The van der Waals surface area contributed by atoms with E-state index in [0.717, 1.165) is 24.2 Å². The van der Waals surface area contributed by atoms with Gasteiger partial charge in [0, 0.05) is 5.54 Å². The molecule has 41 heavy (non-hydrogen) atoms. The molecule has 1 N–H and O–H groups in total. The number of carbonyl (C=O) groups is 1. The molecule has 4 saturated carbocycles. The van der Waals surface area contributed by atoms with Crippen LogP contribution in [0.2, 0.25) is 0 Å². The van der Waals surface area contributed by atoms with E-state index in [1.165, 1.54) is 68.1 Å². The molecule has 0 spiro atoms. The molecule has 1 aromatic carbocycles. The largest absolute Gasteiger partial charge is 0.478 e. The van der Waals surface area contributed by atoms with E-state index in [9.17, 15) is 9.90 Å². The fraction of sp³-hybridized carbons (Fsp3) is 0.711. The zero-order valence-electron chi connectivity index (χ0n) is 27.1. The van der Waals surface area contributed by atoms with Gasteiger partial charge in [-0.25, -0.2) is 4.79 Å². The third kappa shape index (κ3) is 3.76. The molecule has 4 fully saturated rings. The highest BCUT2D eigenvalue weighted by Gasteiger charge is 2.70. The molecule has 0 radical (unpaired) electrons. The molecule has 0 bridgehead atoms. The van der Waals surface area contributed by atoms with Crippen molar-refractivity contribution in [2.45, 2.75) is 105 Å². The van der Waals surface area contributed by atoms with Crippen LogP contribution in [0.5, 0.6) is 0 Å². The number of carboxylic acid groups (broad SMARTS) is 1. The summed E-state index contributed by atoms with van der Waals surface area (Å²) in [6, 6.07) is 7.64. The fourth-order valence-corrected chi connectivity index (χ4v) is 12.8. The molecule has 5 aliphatic carbocycles. The lowest BCUT2D eigenvalue weighted by Crippen LogP contribution is -2.67. The van der Waals surface area contributed by atoms with Crippen molar-refractivity contribution in [3.05, 3.63) is 53.6 Å². The number of hydrogen-bond acceptors (Lipinski definition) is 2. The van der Waals surface area contributed by atoms with Gasteiger partial charge >= 0.3 is 5.97 Å². The van der Waals surface area contributed by atoms with Gasteiger partial charge in [0.25, 0.3) is 0 Å². The van der Waals surface area contributed by atoms with Crippen LogP contribution in [0.15, 0.2) is 42.5 Å². The first kappa shape index (κ1) is 29.2. The van der Waals surface area contributed by atoms with Gasteiger partial charge in [-0.1, -0.05) is 65.0 Å². The van der Waals surface area contributed by atoms with Gasteiger partial charge < -0.3 is 10.0 Å². The maximum absolute atomic E-state index is 11.5. The Balaban J connectivity index is 1.37. The van der Waals surface area contributed by atoms with Crippen molar-refractivity contribution in [2.75, 3.05) is 14.1 Å². The summed E-state index contributed by atoms with van der Waals surface area (Å²) in [6.45, 7) is 19.9. The van der Waals surface area contributed by atoms with Gasteiger partial charge in [0.2, 0.25) is 0 Å². The van der Waals surface area contributed by atoms with Gasteiger partial charge in [-0.15, -0.1) is 0 Å². The quantitative estimate of drug-likeness (QED) is 0.375. The smallest absolute Gasteiger partial charge is 0.335 e. The van der Waals surface area contributed by atoms with Gasteiger partial charge in [0.05, 0.1) is 5.56 Å². The molecule has 3 heteroatoms. The Morgan fingerprint density at radius 1 is 0.878 bits per heavy atom. The summed E-state index contributed by atoms with van der Waals surface area (Å²) in [5.74, 6) is 2.69. The Bertz CT molecular complexity index is 1270. The van der Waals surface area contributed by atoms with Crippen molar-refractivity contribution >= 4 is 11.5 Å². The third-order valence-corrected chi connectivity index (χ3v) is 14.9. The van der Waals surface area contributed by atoms with Crippen LogP contribution in [0.4, 0.5) is 0 Å². The summed E-state index contributed by atoms with van der Waals surface area (Å²) in [4.78, 5) is 14.1. The number of carboxylic acids is 1.